The maximum atomic E-state index is 12.2. The molecular formula is C26H30N2O5. The number of ether oxygens (including phenoxy) is 1. The lowest BCUT2D eigenvalue weighted by atomic mass is 9.98. The smallest absolute Gasteiger partial charge is 0.407 e. The van der Waals surface area contributed by atoms with E-state index in [1.807, 2.05) is 24.3 Å². The first-order valence-electron chi connectivity index (χ1n) is 11.6. The molecule has 2 aliphatic rings. The van der Waals surface area contributed by atoms with Gasteiger partial charge in [-0.25, -0.2) is 4.79 Å². The molecule has 0 spiro atoms. The molecule has 0 aromatic heterocycles. The van der Waals surface area contributed by atoms with Crippen molar-refractivity contribution in [3.05, 3.63) is 59.7 Å². The lowest BCUT2D eigenvalue weighted by Crippen LogP contribution is -2.27. The minimum atomic E-state index is -0.779. The first-order chi connectivity index (χ1) is 16.0. The molecule has 0 bridgehead atoms. The topological polar surface area (TPSA) is 105 Å². The highest BCUT2D eigenvalue weighted by atomic mass is 16.5. The van der Waals surface area contributed by atoms with E-state index in [0.29, 0.717) is 32.5 Å². The molecule has 0 aliphatic heterocycles. The second-order valence-corrected chi connectivity index (χ2v) is 8.81. The minimum absolute atomic E-state index is 0.0445. The van der Waals surface area contributed by atoms with Crippen LogP contribution < -0.4 is 10.6 Å². The Kier molecular flexibility index (Phi) is 7.27. The Bertz CT molecular complexity index is 976. The molecular weight excluding hydrogens is 420 g/mol. The molecule has 3 N–H and O–H groups in total. The van der Waals surface area contributed by atoms with Gasteiger partial charge in [0.2, 0.25) is 5.91 Å². The number of carbonyl (C=O) groups is 3. The van der Waals surface area contributed by atoms with E-state index in [9.17, 15) is 14.4 Å². The van der Waals surface area contributed by atoms with Gasteiger partial charge in [-0.1, -0.05) is 55.0 Å². The molecule has 1 saturated carbocycles. The molecule has 174 valence electrons. The average Bonchev–Trinajstić information content (AvgIpc) is 3.54. The number of unbranched alkanes of at least 4 members (excludes halogenated alkanes) is 2. The standard InChI is InChI=1S/C26H30N2O5/c29-24(28-15-17-14-22(17)25(30)31)12-2-1-7-13-27-26(32)33-16-23-20-10-5-3-8-18(20)19-9-4-6-11-21(19)23/h3-6,8-11,17,22-23H,1-2,7,12-16H2,(H,27,32)(H,28,29)(H,30,31). The number of aliphatic carboxylic acids is 1. The zero-order chi connectivity index (χ0) is 23.2. The van der Waals surface area contributed by atoms with Gasteiger partial charge >= 0.3 is 12.1 Å². The zero-order valence-electron chi connectivity index (χ0n) is 18.6. The molecule has 7 nitrogen and oxygen atoms in total. The maximum absolute atomic E-state index is 12.2. The number of carboxylic acids is 1. The van der Waals surface area contributed by atoms with Crippen LogP contribution in [-0.4, -0.2) is 42.8 Å². The zero-order valence-corrected chi connectivity index (χ0v) is 18.6. The molecule has 2 aromatic carbocycles. The van der Waals surface area contributed by atoms with Crippen molar-refractivity contribution >= 4 is 18.0 Å². The number of fused-ring (bicyclic) bond motifs is 3. The van der Waals surface area contributed by atoms with Crippen LogP contribution in [0.5, 0.6) is 0 Å². The summed E-state index contributed by atoms with van der Waals surface area (Å²) in [5, 5.41) is 14.5. The first kappa shape index (κ1) is 22.8. The molecule has 1 fully saturated rings. The van der Waals surface area contributed by atoms with Crippen LogP contribution in [0.3, 0.4) is 0 Å². The molecule has 2 amide bonds. The third kappa shape index (κ3) is 5.72. The normalized spacial score (nSPS) is 18.2. The predicted molar refractivity (Wildman–Crippen MR) is 124 cm³/mol. The van der Waals surface area contributed by atoms with Gasteiger partial charge in [-0.3, -0.25) is 9.59 Å². The van der Waals surface area contributed by atoms with Crippen molar-refractivity contribution in [3.63, 3.8) is 0 Å². The number of amides is 2. The van der Waals surface area contributed by atoms with Crippen LogP contribution in [0.15, 0.2) is 48.5 Å². The van der Waals surface area contributed by atoms with E-state index in [4.69, 9.17) is 9.84 Å². The fourth-order valence-corrected chi connectivity index (χ4v) is 4.54. The van der Waals surface area contributed by atoms with E-state index >= 15 is 0 Å². The number of alkyl carbamates (subject to hydrolysis) is 1. The molecule has 2 aromatic rings. The Morgan fingerprint density at radius 2 is 1.58 bits per heavy atom. The van der Waals surface area contributed by atoms with Gasteiger partial charge in [0.05, 0.1) is 5.92 Å². The Morgan fingerprint density at radius 3 is 2.21 bits per heavy atom. The molecule has 0 saturated heterocycles. The second kappa shape index (κ2) is 10.5. The summed E-state index contributed by atoms with van der Waals surface area (Å²) in [6.45, 7) is 1.24. The highest BCUT2D eigenvalue weighted by Gasteiger charge is 2.42. The van der Waals surface area contributed by atoms with E-state index in [1.54, 1.807) is 0 Å². The van der Waals surface area contributed by atoms with Crippen molar-refractivity contribution in [1.29, 1.82) is 0 Å². The largest absolute Gasteiger partial charge is 0.481 e. The van der Waals surface area contributed by atoms with Gasteiger partial charge in [0, 0.05) is 25.4 Å². The van der Waals surface area contributed by atoms with Gasteiger partial charge in [-0.15, -0.1) is 0 Å². The fourth-order valence-electron chi connectivity index (χ4n) is 4.54. The molecule has 0 radical (unpaired) electrons. The minimum Gasteiger partial charge on any atom is -0.481 e. The van der Waals surface area contributed by atoms with Crippen LogP contribution in [0.2, 0.25) is 0 Å². The van der Waals surface area contributed by atoms with Gasteiger partial charge in [0.1, 0.15) is 6.61 Å². The molecule has 7 heteroatoms. The van der Waals surface area contributed by atoms with Crippen molar-refractivity contribution in [3.8, 4) is 11.1 Å². The number of hydrogen-bond donors (Lipinski definition) is 3. The lowest BCUT2D eigenvalue weighted by Gasteiger charge is -2.14. The molecule has 4 rings (SSSR count). The Labute approximate surface area is 193 Å². The summed E-state index contributed by atoms with van der Waals surface area (Å²) in [6.07, 6.45) is 2.95. The van der Waals surface area contributed by atoms with E-state index in [2.05, 4.69) is 34.9 Å². The first-order valence-corrected chi connectivity index (χ1v) is 11.6. The summed E-state index contributed by atoms with van der Waals surface area (Å²) in [5.41, 5.74) is 4.77. The predicted octanol–water partition coefficient (Wildman–Crippen LogP) is 3.92. The van der Waals surface area contributed by atoms with Crippen LogP contribution in [0.1, 0.15) is 49.1 Å². The third-order valence-corrected chi connectivity index (χ3v) is 6.49. The average molecular weight is 451 g/mol. The monoisotopic (exact) mass is 450 g/mol. The molecule has 2 atom stereocenters. The van der Waals surface area contributed by atoms with Crippen molar-refractivity contribution in [1.82, 2.24) is 10.6 Å². The summed E-state index contributed by atoms with van der Waals surface area (Å²) in [6, 6.07) is 16.5. The highest BCUT2D eigenvalue weighted by molar-refractivity contribution is 5.79. The number of benzene rings is 2. The number of rotatable bonds is 11. The van der Waals surface area contributed by atoms with Gasteiger partial charge in [-0.2, -0.15) is 0 Å². The lowest BCUT2D eigenvalue weighted by molar-refractivity contribution is -0.139. The van der Waals surface area contributed by atoms with E-state index < -0.39 is 12.1 Å². The van der Waals surface area contributed by atoms with Crippen LogP contribution in [0, 0.1) is 11.8 Å². The Morgan fingerprint density at radius 1 is 0.909 bits per heavy atom. The van der Waals surface area contributed by atoms with Crippen LogP contribution in [0.4, 0.5) is 4.79 Å². The highest BCUT2D eigenvalue weighted by Crippen LogP contribution is 2.44. The molecule has 0 heterocycles. The van der Waals surface area contributed by atoms with Crippen molar-refractivity contribution in [2.75, 3.05) is 19.7 Å². The van der Waals surface area contributed by atoms with E-state index in [0.717, 1.165) is 19.3 Å². The van der Waals surface area contributed by atoms with Crippen molar-refractivity contribution < 1.29 is 24.2 Å². The van der Waals surface area contributed by atoms with Crippen LogP contribution in [0.25, 0.3) is 11.1 Å². The SMILES string of the molecule is O=C(CCCCCNC(=O)OCC1c2ccccc2-c2ccccc21)NCC1CC1C(=O)O. The van der Waals surface area contributed by atoms with Gasteiger partial charge < -0.3 is 20.5 Å². The van der Waals surface area contributed by atoms with Crippen LogP contribution in [-0.2, 0) is 14.3 Å². The quantitative estimate of drug-likeness (QED) is 0.450. The Hall–Kier alpha value is -3.35. The number of hydrogen-bond acceptors (Lipinski definition) is 4. The molecule has 2 unspecified atom stereocenters. The summed E-state index contributed by atoms with van der Waals surface area (Å²) >= 11 is 0. The third-order valence-electron chi connectivity index (χ3n) is 6.49. The Balaban J connectivity index is 1.09. The van der Waals surface area contributed by atoms with Crippen molar-refractivity contribution in [2.24, 2.45) is 11.8 Å². The summed E-state index contributed by atoms with van der Waals surface area (Å²) < 4.78 is 5.51. The number of carbonyl (C=O) groups excluding carboxylic acids is 2. The van der Waals surface area contributed by atoms with E-state index in [-0.39, 0.29) is 23.7 Å². The number of carboxylic acid groups (broad SMARTS) is 1. The van der Waals surface area contributed by atoms with Gasteiger partial charge in [0.25, 0.3) is 0 Å². The van der Waals surface area contributed by atoms with E-state index in [1.165, 1.54) is 22.3 Å². The van der Waals surface area contributed by atoms with Gasteiger partial charge in [-0.05, 0) is 47.4 Å². The van der Waals surface area contributed by atoms with Crippen molar-refractivity contribution in [2.45, 2.75) is 38.0 Å². The second-order valence-electron chi connectivity index (χ2n) is 8.81. The van der Waals surface area contributed by atoms with Gasteiger partial charge in [0.15, 0.2) is 0 Å². The summed E-state index contributed by atoms with van der Waals surface area (Å²) in [7, 11) is 0. The molecule has 2 aliphatic carbocycles. The number of nitrogens with one attached hydrogen (secondary N) is 2. The fraction of sp³-hybridized carbons (Fsp3) is 0.423. The maximum Gasteiger partial charge on any atom is 0.407 e. The summed E-state index contributed by atoms with van der Waals surface area (Å²) in [5.74, 6) is -1.00. The molecule has 33 heavy (non-hydrogen) atoms. The van der Waals surface area contributed by atoms with Crippen LogP contribution >= 0.6 is 0 Å². The summed E-state index contributed by atoms with van der Waals surface area (Å²) in [4.78, 5) is 34.8.